The van der Waals surface area contributed by atoms with E-state index in [1.165, 1.54) is 0 Å². The van der Waals surface area contributed by atoms with Gasteiger partial charge in [0.15, 0.2) is 0 Å². The monoisotopic (exact) mass is 284 g/mol. The summed E-state index contributed by atoms with van der Waals surface area (Å²) in [6.07, 6.45) is 0.573. The zero-order valence-corrected chi connectivity index (χ0v) is 11.4. The molecule has 0 saturated heterocycles. The highest BCUT2D eigenvalue weighted by Crippen LogP contribution is 2.06. The highest BCUT2D eigenvalue weighted by molar-refractivity contribution is 5.89. The first-order valence-corrected chi connectivity index (χ1v) is 6.57. The maximum absolute atomic E-state index is 11.7. The van der Waals surface area contributed by atoms with Gasteiger partial charge in [0.25, 0.3) is 0 Å². The van der Waals surface area contributed by atoms with E-state index in [9.17, 15) is 9.59 Å². The summed E-state index contributed by atoms with van der Waals surface area (Å²) in [6.45, 7) is 0.432. The number of anilines is 1. The fourth-order valence-electron chi connectivity index (χ4n) is 1.88. The molecule has 5 nitrogen and oxygen atoms in total. The Morgan fingerprint density at radius 2 is 1.76 bits per heavy atom. The summed E-state index contributed by atoms with van der Waals surface area (Å²) in [5, 5.41) is 14.4. The van der Waals surface area contributed by atoms with E-state index in [1.54, 1.807) is 30.3 Å². The number of carboxylic acid groups (broad SMARTS) is 1. The molecule has 0 saturated carbocycles. The predicted octanol–water partition coefficient (Wildman–Crippen LogP) is 2.75. The van der Waals surface area contributed by atoms with Gasteiger partial charge >= 0.3 is 12.0 Å². The van der Waals surface area contributed by atoms with Gasteiger partial charge in [-0.15, -0.1) is 0 Å². The topological polar surface area (TPSA) is 78.4 Å². The van der Waals surface area contributed by atoms with Gasteiger partial charge in [0.1, 0.15) is 0 Å². The van der Waals surface area contributed by atoms with E-state index < -0.39 is 5.97 Å². The molecule has 2 amide bonds. The Labute approximate surface area is 122 Å². The van der Waals surface area contributed by atoms with Crippen LogP contribution in [0.5, 0.6) is 0 Å². The van der Waals surface area contributed by atoms with E-state index in [2.05, 4.69) is 10.6 Å². The van der Waals surface area contributed by atoms with Crippen molar-refractivity contribution in [1.29, 1.82) is 0 Å². The molecule has 0 heterocycles. The number of aromatic carboxylic acids is 1. The third-order valence-corrected chi connectivity index (χ3v) is 2.90. The minimum Gasteiger partial charge on any atom is -0.478 e. The molecule has 0 fully saturated rings. The van der Waals surface area contributed by atoms with E-state index in [-0.39, 0.29) is 11.6 Å². The van der Waals surface area contributed by atoms with Crippen LogP contribution in [0.1, 0.15) is 15.9 Å². The van der Waals surface area contributed by atoms with Gasteiger partial charge in [0, 0.05) is 12.2 Å². The summed E-state index contributed by atoms with van der Waals surface area (Å²) in [4.78, 5) is 22.5. The van der Waals surface area contributed by atoms with E-state index in [4.69, 9.17) is 5.11 Å². The molecular weight excluding hydrogens is 268 g/mol. The largest absolute Gasteiger partial charge is 0.478 e. The molecule has 2 aromatic rings. The van der Waals surface area contributed by atoms with Crippen molar-refractivity contribution in [3.8, 4) is 0 Å². The molecular formula is C16H16N2O3. The summed E-state index contributed by atoms with van der Waals surface area (Å²) in [6, 6.07) is 15.6. The third kappa shape index (κ3) is 4.65. The Kier molecular flexibility index (Phi) is 4.93. The minimum atomic E-state index is -0.952. The average molecular weight is 284 g/mol. The second kappa shape index (κ2) is 7.09. The minimum absolute atomic E-state index is 0.251. The van der Waals surface area contributed by atoms with Gasteiger partial charge in [-0.1, -0.05) is 30.3 Å². The molecule has 0 aliphatic carbocycles. The van der Waals surface area contributed by atoms with Crippen molar-refractivity contribution in [2.75, 3.05) is 11.9 Å². The lowest BCUT2D eigenvalue weighted by Gasteiger charge is -2.08. The number of nitrogens with one attached hydrogen (secondary N) is 2. The van der Waals surface area contributed by atoms with Crippen LogP contribution < -0.4 is 10.6 Å². The first-order valence-electron chi connectivity index (χ1n) is 6.57. The number of para-hydroxylation sites is 1. The fraction of sp³-hybridized carbons (Fsp3) is 0.125. The Hall–Kier alpha value is -2.82. The van der Waals surface area contributed by atoms with Crippen molar-refractivity contribution in [3.05, 3.63) is 65.7 Å². The maximum Gasteiger partial charge on any atom is 0.335 e. The van der Waals surface area contributed by atoms with Crippen LogP contribution >= 0.6 is 0 Å². The molecule has 2 rings (SSSR count). The SMILES string of the molecule is O=C(NCCc1cccc(C(=O)O)c1)Nc1ccccc1. The molecule has 0 atom stereocenters. The number of amides is 2. The van der Waals surface area contributed by atoms with Gasteiger partial charge in [-0.05, 0) is 36.2 Å². The fourth-order valence-corrected chi connectivity index (χ4v) is 1.88. The molecule has 0 aliphatic heterocycles. The number of rotatable bonds is 5. The zero-order chi connectivity index (χ0) is 15.1. The molecule has 0 bridgehead atoms. The lowest BCUT2D eigenvalue weighted by molar-refractivity contribution is 0.0696. The molecule has 0 radical (unpaired) electrons. The second-order valence-electron chi connectivity index (χ2n) is 4.50. The Balaban J connectivity index is 1.80. The summed E-state index contributed by atoms with van der Waals surface area (Å²) >= 11 is 0. The van der Waals surface area contributed by atoms with Crippen molar-refractivity contribution in [3.63, 3.8) is 0 Å². The van der Waals surface area contributed by atoms with Crippen molar-refractivity contribution < 1.29 is 14.7 Å². The van der Waals surface area contributed by atoms with Crippen LogP contribution in [0.4, 0.5) is 10.5 Å². The van der Waals surface area contributed by atoms with Gasteiger partial charge in [-0.2, -0.15) is 0 Å². The van der Waals surface area contributed by atoms with Gasteiger partial charge < -0.3 is 15.7 Å². The van der Waals surface area contributed by atoms with E-state index in [0.29, 0.717) is 13.0 Å². The van der Waals surface area contributed by atoms with Crippen molar-refractivity contribution >= 4 is 17.7 Å². The van der Waals surface area contributed by atoms with E-state index in [0.717, 1.165) is 11.3 Å². The Bertz CT molecular complexity index is 626. The quantitative estimate of drug-likeness (QED) is 0.790. The molecule has 0 aromatic heterocycles. The smallest absolute Gasteiger partial charge is 0.335 e. The summed E-state index contributed by atoms with van der Waals surface area (Å²) < 4.78 is 0. The van der Waals surface area contributed by atoms with Gasteiger partial charge in [0.05, 0.1) is 5.56 Å². The maximum atomic E-state index is 11.7. The number of carbonyl (C=O) groups excluding carboxylic acids is 1. The van der Waals surface area contributed by atoms with Crippen LogP contribution in [-0.4, -0.2) is 23.7 Å². The molecule has 0 unspecified atom stereocenters. The first kappa shape index (κ1) is 14.6. The average Bonchev–Trinajstić information content (AvgIpc) is 2.48. The molecule has 108 valence electrons. The number of hydrogen-bond donors (Lipinski definition) is 3. The lowest BCUT2D eigenvalue weighted by atomic mass is 10.1. The highest BCUT2D eigenvalue weighted by Gasteiger charge is 2.04. The van der Waals surface area contributed by atoms with Crippen LogP contribution in [0.2, 0.25) is 0 Å². The van der Waals surface area contributed by atoms with Gasteiger partial charge in [-0.25, -0.2) is 9.59 Å². The predicted molar refractivity (Wildman–Crippen MR) is 80.6 cm³/mol. The van der Waals surface area contributed by atoms with Gasteiger partial charge in [0.2, 0.25) is 0 Å². The van der Waals surface area contributed by atoms with Crippen molar-refractivity contribution in [1.82, 2.24) is 5.32 Å². The summed E-state index contributed by atoms with van der Waals surface area (Å²) in [7, 11) is 0. The Morgan fingerprint density at radius 3 is 2.48 bits per heavy atom. The molecule has 5 heteroatoms. The summed E-state index contributed by atoms with van der Waals surface area (Å²) in [5.41, 5.74) is 1.85. The lowest BCUT2D eigenvalue weighted by Crippen LogP contribution is -2.30. The normalized spacial score (nSPS) is 9.90. The zero-order valence-electron chi connectivity index (χ0n) is 11.4. The Morgan fingerprint density at radius 1 is 1.00 bits per heavy atom. The van der Waals surface area contributed by atoms with Crippen LogP contribution in [0.15, 0.2) is 54.6 Å². The number of carbonyl (C=O) groups is 2. The summed E-state index contributed by atoms with van der Waals surface area (Å²) in [5.74, 6) is -0.952. The van der Waals surface area contributed by atoms with Crippen molar-refractivity contribution in [2.24, 2.45) is 0 Å². The van der Waals surface area contributed by atoms with Crippen LogP contribution in [0, 0.1) is 0 Å². The number of hydrogen-bond acceptors (Lipinski definition) is 2. The number of urea groups is 1. The molecule has 21 heavy (non-hydrogen) atoms. The van der Waals surface area contributed by atoms with Crippen LogP contribution in [0.25, 0.3) is 0 Å². The van der Waals surface area contributed by atoms with Crippen LogP contribution in [0.3, 0.4) is 0 Å². The standard InChI is InChI=1S/C16H16N2O3/c19-15(20)13-6-4-5-12(11-13)9-10-17-16(21)18-14-7-2-1-3-8-14/h1-8,11H,9-10H2,(H,19,20)(H2,17,18,21). The highest BCUT2D eigenvalue weighted by atomic mass is 16.4. The molecule has 0 aliphatic rings. The van der Waals surface area contributed by atoms with E-state index >= 15 is 0 Å². The molecule has 3 N–H and O–H groups in total. The number of benzene rings is 2. The molecule has 2 aromatic carbocycles. The first-order chi connectivity index (χ1) is 10.1. The number of carboxylic acids is 1. The van der Waals surface area contributed by atoms with Crippen LogP contribution in [-0.2, 0) is 6.42 Å². The third-order valence-electron chi connectivity index (χ3n) is 2.90. The van der Waals surface area contributed by atoms with E-state index in [1.807, 2.05) is 24.3 Å². The van der Waals surface area contributed by atoms with Crippen molar-refractivity contribution in [2.45, 2.75) is 6.42 Å². The second-order valence-corrected chi connectivity index (χ2v) is 4.50. The van der Waals surface area contributed by atoms with Gasteiger partial charge in [-0.3, -0.25) is 0 Å². The molecule has 0 spiro atoms.